The van der Waals surface area contributed by atoms with Crippen LogP contribution in [-0.2, 0) is 31.5 Å². The second kappa shape index (κ2) is 10.9. The highest BCUT2D eigenvalue weighted by molar-refractivity contribution is 9.09. The molecular formula is C33H21BrCl2F6N2O5. The Morgan fingerprint density at radius 1 is 0.857 bits per heavy atom. The van der Waals surface area contributed by atoms with E-state index in [4.69, 9.17) is 23.2 Å². The quantitative estimate of drug-likeness (QED) is 0.0976. The van der Waals surface area contributed by atoms with E-state index in [0.29, 0.717) is 27.8 Å². The molecule has 0 bridgehead atoms. The van der Waals surface area contributed by atoms with E-state index in [1.165, 1.54) is 12.1 Å². The average Bonchev–Trinajstić information content (AvgIpc) is 3.38. The third kappa shape index (κ3) is 4.62. The number of hydrogen-bond acceptors (Lipinski definition) is 5. The Balaban J connectivity index is 1.42. The molecule has 1 N–H and O–H groups in total. The largest absolute Gasteiger partial charge is 0.508 e. The molecule has 0 aromatic heterocycles. The van der Waals surface area contributed by atoms with Gasteiger partial charge in [0.2, 0.25) is 11.8 Å². The standard InChI is InChI=1S/C33H21BrCl2F6N2O5/c34-13-43-28(48)30(35)12-21-19(25(31(30,36)29(43)49)24-18-4-2-1-3-14(18)5-8-22(24)45)6-7-20-23(21)27(47)44(26(20)46)17-10-15(32(37,38)39)9-16(11-17)33(40,41)42/h1-6,8-11,20-21,23,25,45H,7,12-13H2/t20-,21+,23-,25+,30+,31-/m0/s1. The van der Waals surface area contributed by atoms with Crippen molar-refractivity contribution in [3.8, 4) is 5.75 Å². The van der Waals surface area contributed by atoms with Crippen LogP contribution in [0.3, 0.4) is 0 Å². The molecule has 7 rings (SSSR count). The highest BCUT2D eigenvalue weighted by Gasteiger charge is 2.76. The summed E-state index contributed by atoms with van der Waals surface area (Å²) in [6.07, 6.45) is -9.64. The van der Waals surface area contributed by atoms with Gasteiger partial charge in [0, 0.05) is 11.5 Å². The molecule has 3 aromatic rings. The Hall–Kier alpha value is -3.62. The zero-order valence-corrected chi connectivity index (χ0v) is 27.7. The Labute approximate surface area is 291 Å². The molecule has 0 unspecified atom stereocenters. The fraction of sp³-hybridized carbons (Fsp3) is 0.333. The number of allylic oxidation sites excluding steroid dienone is 2. The lowest BCUT2D eigenvalue weighted by atomic mass is 9.56. The normalized spacial score (nSPS) is 30.1. The van der Waals surface area contributed by atoms with Gasteiger partial charge in [-0.15, -0.1) is 23.2 Å². The second-order valence-electron chi connectivity index (χ2n) is 12.5. The third-order valence-corrected chi connectivity index (χ3v) is 12.0. The lowest BCUT2D eigenvalue weighted by molar-refractivity contribution is -0.143. The number of phenols is 1. The van der Waals surface area contributed by atoms with E-state index < -0.39 is 92.6 Å². The number of carbonyl (C=O) groups is 4. The first-order valence-corrected chi connectivity index (χ1v) is 16.6. The summed E-state index contributed by atoms with van der Waals surface area (Å²) in [6.45, 7) is 0. The van der Waals surface area contributed by atoms with E-state index in [-0.39, 0.29) is 34.8 Å². The van der Waals surface area contributed by atoms with Crippen LogP contribution in [0, 0.1) is 17.8 Å². The van der Waals surface area contributed by atoms with Gasteiger partial charge in [0.15, 0.2) is 9.75 Å². The van der Waals surface area contributed by atoms with E-state index in [9.17, 15) is 50.6 Å². The van der Waals surface area contributed by atoms with Gasteiger partial charge in [-0.3, -0.25) is 24.1 Å². The molecule has 7 nitrogen and oxygen atoms in total. The number of carbonyl (C=O) groups excluding carboxylic acids is 4. The van der Waals surface area contributed by atoms with Crippen molar-refractivity contribution in [2.75, 3.05) is 10.4 Å². The van der Waals surface area contributed by atoms with E-state index in [1.807, 2.05) is 0 Å². The van der Waals surface area contributed by atoms with Gasteiger partial charge in [0.25, 0.3) is 11.8 Å². The van der Waals surface area contributed by atoms with Crippen molar-refractivity contribution in [3.63, 3.8) is 0 Å². The minimum absolute atomic E-state index is 0.112. The van der Waals surface area contributed by atoms with Crippen molar-refractivity contribution in [2.24, 2.45) is 17.8 Å². The van der Waals surface area contributed by atoms with Crippen molar-refractivity contribution in [1.82, 2.24) is 4.90 Å². The van der Waals surface area contributed by atoms with Crippen LogP contribution in [0.2, 0.25) is 0 Å². The summed E-state index contributed by atoms with van der Waals surface area (Å²) in [4.78, 5) is 52.6. The Bertz CT molecular complexity index is 2010. The smallest absolute Gasteiger partial charge is 0.416 e. The summed E-state index contributed by atoms with van der Waals surface area (Å²) in [7, 11) is 0. The summed E-state index contributed by atoms with van der Waals surface area (Å²) in [5, 5.41) is 12.4. The van der Waals surface area contributed by atoms with E-state index >= 15 is 0 Å². The minimum Gasteiger partial charge on any atom is -0.508 e. The van der Waals surface area contributed by atoms with Crippen LogP contribution in [0.4, 0.5) is 32.0 Å². The summed E-state index contributed by atoms with van der Waals surface area (Å²) >= 11 is 17.5. The van der Waals surface area contributed by atoms with Gasteiger partial charge in [-0.2, -0.15) is 26.3 Å². The van der Waals surface area contributed by atoms with Gasteiger partial charge in [-0.05, 0) is 53.8 Å². The number of fused-ring (bicyclic) bond motifs is 5. The monoisotopic (exact) mass is 788 g/mol. The molecule has 4 aliphatic rings. The van der Waals surface area contributed by atoms with Gasteiger partial charge in [0.05, 0.1) is 34.1 Å². The molecule has 6 atom stereocenters. The van der Waals surface area contributed by atoms with Crippen LogP contribution in [0.25, 0.3) is 10.8 Å². The van der Waals surface area contributed by atoms with E-state index in [2.05, 4.69) is 15.9 Å². The predicted molar refractivity (Wildman–Crippen MR) is 168 cm³/mol. The molecule has 256 valence electrons. The number of alkyl halides is 9. The number of likely N-dealkylation sites (tertiary alicyclic amines) is 1. The Morgan fingerprint density at radius 3 is 2.10 bits per heavy atom. The number of anilines is 1. The molecule has 16 heteroatoms. The van der Waals surface area contributed by atoms with Crippen molar-refractivity contribution >= 4 is 79.2 Å². The Kier molecular flexibility index (Phi) is 7.56. The SMILES string of the molecule is O=C1[C@H]2[C@H](CC=C3[C@H]2C[C@@]2(Cl)C(=O)N(CBr)C(=O)[C@@]2(Cl)[C@H]3c2c(O)ccc3ccccc23)C(=O)N1c1cc(C(F)(F)F)cc(C(F)(F)F)c1. The minimum atomic E-state index is -5.24. The maximum Gasteiger partial charge on any atom is 0.416 e. The number of rotatable bonds is 3. The highest BCUT2D eigenvalue weighted by Crippen LogP contribution is 2.67. The number of phenolic OH excluding ortho intramolecular Hbond substituents is 1. The van der Waals surface area contributed by atoms with Crippen molar-refractivity contribution < 1.29 is 50.6 Å². The Morgan fingerprint density at radius 2 is 1.49 bits per heavy atom. The van der Waals surface area contributed by atoms with Crippen LogP contribution in [0.1, 0.15) is 35.4 Å². The number of benzene rings is 3. The number of hydrogen-bond donors (Lipinski definition) is 1. The van der Waals surface area contributed by atoms with Crippen molar-refractivity contribution in [3.05, 3.63) is 82.9 Å². The van der Waals surface area contributed by atoms with Gasteiger partial charge >= 0.3 is 12.4 Å². The zero-order chi connectivity index (χ0) is 35.6. The van der Waals surface area contributed by atoms with Gasteiger partial charge in [-0.25, -0.2) is 4.90 Å². The molecule has 2 aliphatic heterocycles. The lowest BCUT2D eigenvalue weighted by Gasteiger charge is -2.51. The lowest BCUT2D eigenvalue weighted by Crippen LogP contribution is -2.60. The van der Waals surface area contributed by atoms with Crippen molar-refractivity contribution in [2.45, 2.75) is 40.9 Å². The fourth-order valence-corrected chi connectivity index (χ4v) is 9.39. The van der Waals surface area contributed by atoms with Crippen LogP contribution < -0.4 is 4.90 Å². The number of nitrogens with zero attached hydrogens (tertiary/aromatic N) is 2. The van der Waals surface area contributed by atoms with Crippen LogP contribution in [0.5, 0.6) is 5.75 Å². The summed E-state index contributed by atoms with van der Waals surface area (Å²) in [5.41, 5.74) is -4.26. The first kappa shape index (κ1) is 33.9. The summed E-state index contributed by atoms with van der Waals surface area (Å²) in [5.74, 6) is -9.43. The maximum atomic E-state index is 14.2. The fourth-order valence-electron chi connectivity index (χ4n) is 7.98. The number of aromatic hydroxyl groups is 1. The van der Waals surface area contributed by atoms with Gasteiger partial charge in [-0.1, -0.05) is 57.9 Å². The van der Waals surface area contributed by atoms with E-state index in [1.54, 1.807) is 30.3 Å². The number of imide groups is 2. The molecule has 2 aliphatic carbocycles. The molecule has 2 saturated heterocycles. The van der Waals surface area contributed by atoms with E-state index in [0.717, 1.165) is 4.90 Å². The molecule has 1 saturated carbocycles. The van der Waals surface area contributed by atoms with Crippen LogP contribution >= 0.6 is 39.1 Å². The molecule has 3 aromatic carbocycles. The number of halogens is 9. The first-order chi connectivity index (χ1) is 22.9. The summed E-state index contributed by atoms with van der Waals surface area (Å²) < 4.78 is 82.4. The van der Waals surface area contributed by atoms with Gasteiger partial charge in [0.1, 0.15) is 5.75 Å². The third-order valence-electron chi connectivity index (χ3n) is 10.1. The molecule has 0 spiro atoms. The van der Waals surface area contributed by atoms with Crippen LogP contribution in [0.15, 0.2) is 66.2 Å². The predicted octanol–water partition coefficient (Wildman–Crippen LogP) is 7.50. The highest BCUT2D eigenvalue weighted by atomic mass is 79.9. The first-order valence-electron chi connectivity index (χ1n) is 14.7. The second-order valence-corrected chi connectivity index (χ2v) is 14.2. The zero-order valence-electron chi connectivity index (χ0n) is 24.6. The topological polar surface area (TPSA) is 95.0 Å². The van der Waals surface area contributed by atoms with Crippen LogP contribution in [-0.4, -0.2) is 48.8 Å². The number of amides is 4. The van der Waals surface area contributed by atoms with Crippen molar-refractivity contribution in [1.29, 1.82) is 0 Å². The van der Waals surface area contributed by atoms with Gasteiger partial charge < -0.3 is 5.11 Å². The molecule has 4 amide bonds. The summed E-state index contributed by atoms with van der Waals surface area (Å²) in [6, 6.07) is 10.2. The molecule has 2 heterocycles. The molecule has 0 radical (unpaired) electrons. The molecule has 3 fully saturated rings. The molecular weight excluding hydrogens is 769 g/mol. The average molecular weight is 790 g/mol. The molecule has 49 heavy (non-hydrogen) atoms. The maximum absolute atomic E-state index is 14.2.